The summed E-state index contributed by atoms with van der Waals surface area (Å²) in [6, 6.07) is 13.6. The van der Waals surface area contributed by atoms with Gasteiger partial charge >= 0.3 is 0 Å². The highest BCUT2D eigenvalue weighted by molar-refractivity contribution is 5.88. The maximum atomic E-state index is 3.10. The van der Waals surface area contributed by atoms with Crippen LogP contribution < -0.4 is 0 Å². The van der Waals surface area contributed by atoms with Crippen LogP contribution in [-0.2, 0) is 0 Å². The third-order valence-electron chi connectivity index (χ3n) is 2.30. The van der Waals surface area contributed by atoms with Crippen molar-refractivity contribution < 1.29 is 0 Å². The Balaban J connectivity index is 2.95. The molecule has 12 heavy (non-hydrogen) atoms. The lowest BCUT2D eigenvalue weighted by molar-refractivity contribution is 1.46. The number of hydrogen-bond acceptors (Lipinski definition) is 0. The van der Waals surface area contributed by atoms with E-state index in [4.69, 9.17) is 0 Å². The first kappa shape index (κ1) is 7.35. The quantitative estimate of drug-likeness (QED) is 0.547. The molecule has 0 atom stereocenters. The zero-order valence-corrected chi connectivity index (χ0v) is 7.39. The highest BCUT2D eigenvalue weighted by Crippen LogP contribution is 2.20. The Bertz CT molecular complexity index is 373. The molecule has 0 spiro atoms. The predicted octanol–water partition coefficient (Wildman–Crippen LogP) is 3.26. The predicted molar refractivity (Wildman–Crippen MR) is 52.3 cm³/mol. The summed E-state index contributed by atoms with van der Waals surface area (Å²) in [4.78, 5) is 0. The van der Waals surface area contributed by atoms with Crippen molar-refractivity contribution in [3.8, 4) is 0 Å². The van der Waals surface area contributed by atoms with E-state index in [1.165, 1.54) is 21.9 Å². The van der Waals surface area contributed by atoms with Crippen molar-refractivity contribution in [2.75, 3.05) is 0 Å². The van der Waals surface area contributed by atoms with Crippen molar-refractivity contribution in [2.45, 2.75) is 13.8 Å². The first-order valence-electron chi connectivity index (χ1n) is 4.15. The molecule has 0 heterocycles. The van der Waals surface area contributed by atoms with E-state index in [-0.39, 0.29) is 0 Å². The van der Waals surface area contributed by atoms with E-state index < -0.39 is 0 Å². The minimum atomic E-state index is 1.32. The summed E-state index contributed by atoms with van der Waals surface area (Å²) >= 11 is 0. The molecule has 0 saturated carbocycles. The standard InChI is InChI=1S/C12H11/c1-9-7-8-10(2)12-6-4-3-5-11(9)12/h3,5-8H,1-2H3. The van der Waals surface area contributed by atoms with Crippen LogP contribution in [0.15, 0.2) is 30.3 Å². The van der Waals surface area contributed by atoms with Gasteiger partial charge in [0.2, 0.25) is 0 Å². The van der Waals surface area contributed by atoms with Crippen LogP contribution in [0.3, 0.4) is 0 Å². The first-order chi connectivity index (χ1) is 5.79. The third kappa shape index (κ3) is 1.00. The lowest BCUT2D eigenvalue weighted by Gasteiger charge is -2.03. The van der Waals surface area contributed by atoms with E-state index in [0.29, 0.717) is 0 Å². The Labute approximate surface area is 72.8 Å². The van der Waals surface area contributed by atoms with Crippen molar-refractivity contribution in [1.82, 2.24) is 0 Å². The maximum absolute atomic E-state index is 3.10. The van der Waals surface area contributed by atoms with Gasteiger partial charge in [-0.2, -0.15) is 0 Å². The zero-order chi connectivity index (χ0) is 8.55. The van der Waals surface area contributed by atoms with Gasteiger partial charge in [-0.15, -0.1) is 0 Å². The summed E-state index contributed by atoms with van der Waals surface area (Å²) < 4.78 is 0. The Morgan fingerprint density at radius 2 is 1.58 bits per heavy atom. The van der Waals surface area contributed by atoms with E-state index in [1.807, 2.05) is 6.07 Å². The van der Waals surface area contributed by atoms with Gasteiger partial charge in [0.1, 0.15) is 0 Å². The molecule has 1 radical (unpaired) electrons. The van der Waals surface area contributed by atoms with Crippen molar-refractivity contribution in [2.24, 2.45) is 0 Å². The fourth-order valence-corrected chi connectivity index (χ4v) is 1.53. The molecule has 0 aliphatic carbocycles. The van der Waals surface area contributed by atoms with Gasteiger partial charge in [-0.05, 0) is 47.9 Å². The van der Waals surface area contributed by atoms with E-state index >= 15 is 0 Å². The average Bonchev–Trinajstić information content (AvgIpc) is 2.12. The number of hydrogen-bond donors (Lipinski definition) is 0. The van der Waals surface area contributed by atoms with Crippen LogP contribution in [0.1, 0.15) is 11.1 Å². The molecule has 0 bridgehead atoms. The minimum absolute atomic E-state index is 1.32. The van der Waals surface area contributed by atoms with Gasteiger partial charge in [-0.1, -0.05) is 24.3 Å². The molecule has 0 nitrogen and oxygen atoms in total. The third-order valence-corrected chi connectivity index (χ3v) is 2.30. The van der Waals surface area contributed by atoms with Gasteiger partial charge in [-0.3, -0.25) is 0 Å². The van der Waals surface area contributed by atoms with Crippen molar-refractivity contribution in [1.29, 1.82) is 0 Å². The van der Waals surface area contributed by atoms with Crippen LogP contribution in [0.4, 0.5) is 0 Å². The van der Waals surface area contributed by atoms with Crippen LogP contribution in [0, 0.1) is 19.9 Å². The second-order valence-corrected chi connectivity index (χ2v) is 3.17. The van der Waals surface area contributed by atoms with E-state index in [1.54, 1.807) is 0 Å². The summed E-state index contributed by atoms with van der Waals surface area (Å²) in [6.07, 6.45) is 0. The maximum Gasteiger partial charge on any atom is -0.0146 e. The van der Waals surface area contributed by atoms with Crippen LogP contribution >= 0.6 is 0 Å². The van der Waals surface area contributed by atoms with Gasteiger partial charge in [0.15, 0.2) is 0 Å². The van der Waals surface area contributed by atoms with Gasteiger partial charge in [0.25, 0.3) is 0 Å². The van der Waals surface area contributed by atoms with Crippen molar-refractivity contribution in [3.05, 3.63) is 47.5 Å². The number of aryl methyl sites for hydroxylation is 2. The molecular formula is C12H11. The van der Waals surface area contributed by atoms with Gasteiger partial charge in [0, 0.05) is 0 Å². The lowest BCUT2D eigenvalue weighted by Crippen LogP contribution is -1.81. The zero-order valence-electron chi connectivity index (χ0n) is 7.39. The van der Waals surface area contributed by atoms with Crippen molar-refractivity contribution >= 4 is 10.8 Å². The molecule has 2 aromatic carbocycles. The molecule has 0 heteroatoms. The summed E-state index contributed by atoms with van der Waals surface area (Å²) in [6.45, 7) is 4.28. The smallest absolute Gasteiger partial charge is 0.0146 e. The molecule has 59 valence electrons. The summed E-state index contributed by atoms with van der Waals surface area (Å²) in [5, 5.41) is 2.66. The fraction of sp³-hybridized carbons (Fsp3) is 0.167. The summed E-state index contributed by atoms with van der Waals surface area (Å²) in [7, 11) is 0. The van der Waals surface area contributed by atoms with Crippen LogP contribution in [-0.4, -0.2) is 0 Å². The average molecular weight is 155 g/mol. The first-order valence-corrected chi connectivity index (χ1v) is 4.15. The molecular weight excluding hydrogens is 144 g/mol. The number of fused-ring (bicyclic) bond motifs is 1. The molecule has 0 unspecified atom stereocenters. The molecule has 2 rings (SSSR count). The monoisotopic (exact) mass is 155 g/mol. The Morgan fingerprint density at radius 1 is 0.917 bits per heavy atom. The molecule has 0 N–H and O–H groups in total. The molecule has 0 aromatic heterocycles. The van der Waals surface area contributed by atoms with Crippen LogP contribution in [0.2, 0.25) is 0 Å². The Kier molecular flexibility index (Phi) is 1.61. The molecule has 0 fully saturated rings. The summed E-state index contributed by atoms with van der Waals surface area (Å²) in [5.74, 6) is 0. The molecule has 2 aromatic rings. The largest absolute Gasteiger partial charge is 0.0584 e. The molecule has 0 aliphatic rings. The van der Waals surface area contributed by atoms with Gasteiger partial charge < -0.3 is 0 Å². The highest BCUT2D eigenvalue weighted by Gasteiger charge is 1.97. The van der Waals surface area contributed by atoms with E-state index in [0.717, 1.165) is 0 Å². The van der Waals surface area contributed by atoms with Crippen LogP contribution in [0.5, 0.6) is 0 Å². The fourth-order valence-electron chi connectivity index (χ4n) is 1.53. The minimum Gasteiger partial charge on any atom is -0.0584 e. The SMILES string of the molecule is Cc1ccc(C)c2cc[c]cc12. The molecule has 0 saturated heterocycles. The van der Waals surface area contributed by atoms with E-state index in [2.05, 4.69) is 44.2 Å². The number of rotatable bonds is 0. The Hall–Kier alpha value is -1.30. The second kappa shape index (κ2) is 2.63. The lowest BCUT2D eigenvalue weighted by atomic mass is 10.0. The van der Waals surface area contributed by atoms with Gasteiger partial charge in [0.05, 0.1) is 0 Å². The number of benzene rings is 2. The van der Waals surface area contributed by atoms with E-state index in [9.17, 15) is 0 Å². The molecule has 0 aliphatic heterocycles. The van der Waals surface area contributed by atoms with Crippen LogP contribution in [0.25, 0.3) is 10.8 Å². The summed E-state index contributed by atoms with van der Waals surface area (Å²) in [5.41, 5.74) is 2.66. The molecule has 0 amide bonds. The van der Waals surface area contributed by atoms with Gasteiger partial charge in [-0.25, -0.2) is 0 Å². The normalized spacial score (nSPS) is 10.5. The van der Waals surface area contributed by atoms with Crippen molar-refractivity contribution in [3.63, 3.8) is 0 Å². The second-order valence-electron chi connectivity index (χ2n) is 3.17. The Morgan fingerprint density at radius 3 is 2.25 bits per heavy atom. The topological polar surface area (TPSA) is 0 Å². The highest BCUT2D eigenvalue weighted by atomic mass is 14.0.